The first-order valence-electron chi connectivity index (χ1n) is 12.2. The summed E-state index contributed by atoms with van der Waals surface area (Å²) in [6, 6.07) is 26.2. The van der Waals surface area contributed by atoms with E-state index in [1.165, 1.54) is 18.2 Å². The fourth-order valence-electron chi connectivity index (χ4n) is 4.10. The maximum absolute atomic E-state index is 12.8. The van der Waals surface area contributed by atoms with Crippen molar-refractivity contribution in [1.82, 2.24) is 9.97 Å². The van der Waals surface area contributed by atoms with Crippen LogP contribution >= 0.6 is 0 Å². The quantitative estimate of drug-likeness (QED) is 0.104. The average Bonchev–Trinajstić information content (AvgIpc) is 2.95. The summed E-state index contributed by atoms with van der Waals surface area (Å²) in [7, 11) is 0. The van der Waals surface area contributed by atoms with Crippen molar-refractivity contribution in [1.29, 1.82) is 0 Å². The number of nitrogens with zero attached hydrogens (tertiary/aromatic N) is 3. The number of benzene rings is 4. The molecule has 8 nitrogen and oxygen atoms in total. The van der Waals surface area contributed by atoms with Crippen LogP contribution in [0.5, 0.6) is 0 Å². The highest BCUT2D eigenvalue weighted by Crippen LogP contribution is 2.31. The van der Waals surface area contributed by atoms with Gasteiger partial charge in [-0.3, -0.25) is 14.9 Å². The number of ether oxygens (including phenoxy) is 1. The number of nitro groups is 1. The van der Waals surface area contributed by atoms with E-state index in [0.717, 1.165) is 34.0 Å². The number of esters is 1. The topological polar surface area (TPSA) is 112 Å². The molecule has 192 valence electrons. The third kappa shape index (κ3) is 5.55. The lowest BCUT2D eigenvalue weighted by molar-refractivity contribution is -0.384. The Labute approximate surface area is 224 Å². The predicted octanol–water partition coefficient (Wildman–Crippen LogP) is 6.53. The van der Waals surface area contributed by atoms with Crippen molar-refractivity contribution in [2.75, 3.05) is 6.61 Å². The molecule has 0 bridgehead atoms. The summed E-state index contributed by atoms with van der Waals surface area (Å²) in [5.41, 5.74) is 6.66. The molecule has 0 unspecified atom stereocenters. The van der Waals surface area contributed by atoms with E-state index in [1.807, 2.05) is 62.4 Å². The molecule has 4 aromatic carbocycles. The van der Waals surface area contributed by atoms with Crippen LogP contribution < -0.4 is 0 Å². The molecule has 5 aromatic rings. The summed E-state index contributed by atoms with van der Waals surface area (Å²) in [5.74, 6) is -1.26. The van der Waals surface area contributed by atoms with Gasteiger partial charge in [-0.2, -0.15) is 0 Å². The van der Waals surface area contributed by atoms with E-state index in [9.17, 15) is 19.7 Å². The number of hydrogen-bond acceptors (Lipinski definition) is 7. The molecule has 0 aliphatic rings. The normalized spacial score (nSPS) is 10.8. The van der Waals surface area contributed by atoms with E-state index in [1.54, 1.807) is 18.2 Å². The zero-order valence-corrected chi connectivity index (χ0v) is 21.3. The molecule has 1 heterocycles. The fourth-order valence-corrected chi connectivity index (χ4v) is 4.10. The molecule has 0 fully saturated rings. The number of fused-ring (bicyclic) bond motifs is 1. The van der Waals surface area contributed by atoms with E-state index in [-0.39, 0.29) is 16.8 Å². The van der Waals surface area contributed by atoms with Gasteiger partial charge in [-0.1, -0.05) is 71.8 Å². The van der Waals surface area contributed by atoms with Crippen LogP contribution in [-0.4, -0.2) is 33.3 Å². The Bertz CT molecular complexity index is 1730. The van der Waals surface area contributed by atoms with Crippen LogP contribution in [-0.2, 0) is 4.74 Å². The third-order valence-electron chi connectivity index (χ3n) is 6.26. The van der Waals surface area contributed by atoms with Crippen LogP contribution in [0.3, 0.4) is 0 Å². The predicted molar refractivity (Wildman–Crippen MR) is 148 cm³/mol. The highest BCUT2D eigenvalue weighted by molar-refractivity contribution is 6.00. The van der Waals surface area contributed by atoms with E-state index < -0.39 is 23.3 Å². The summed E-state index contributed by atoms with van der Waals surface area (Å²) in [6.07, 6.45) is 0. The van der Waals surface area contributed by atoms with E-state index in [4.69, 9.17) is 14.7 Å². The Morgan fingerprint density at radius 2 is 1.33 bits per heavy atom. The van der Waals surface area contributed by atoms with Gasteiger partial charge in [0.2, 0.25) is 5.78 Å². The standard InChI is InChI=1S/C31H23N3O5/c1-19-6-10-21(11-7-19)29-30(22-12-8-20(2)9-13-22)33-27-17-24(14-15-26(27)32-29)31(36)39-18-28(35)23-4-3-5-25(16-23)34(37)38/h3-17H,18H2,1-2H3. The van der Waals surface area contributed by atoms with Gasteiger partial charge in [0.15, 0.2) is 6.61 Å². The smallest absolute Gasteiger partial charge is 0.338 e. The van der Waals surface area contributed by atoms with Gasteiger partial charge in [-0.25, -0.2) is 14.8 Å². The maximum atomic E-state index is 12.8. The molecule has 0 N–H and O–H groups in total. The van der Waals surface area contributed by atoms with Crippen molar-refractivity contribution in [2.24, 2.45) is 0 Å². The highest BCUT2D eigenvalue weighted by atomic mass is 16.6. The number of aryl methyl sites for hydroxylation is 2. The zero-order chi connectivity index (χ0) is 27.5. The van der Waals surface area contributed by atoms with E-state index in [0.29, 0.717) is 16.7 Å². The first-order chi connectivity index (χ1) is 18.8. The summed E-state index contributed by atoms with van der Waals surface area (Å²) < 4.78 is 5.22. The van der Waals surface area contributed by atoms with Crippen molar-refractivity contribution < 1.29 is 19.2 Å². The summed E-state index contributed by atoms with van der Waals surface area (Å²) in [6.45, 7) is 3.48. The number of carbonyl (C=O) groups excluding carboxylic acids is 2. The van der Waals surface area contributed by atoms with Crippen molar-refractivity contribution >= 4 is 28.5 Å². The number of Topliss-reactive ketones (excluding diaryl/α,β-unsaturated/α-hetero) is 1. The lowest BCUT2D eigenvalue weighted by Crippen LogP contribution is -2.14. The molecule has 0 spiro atoms. The summed E-state index contributed by atoms with van der Waals surface area (Å²) in [5, 5.41) is 11.0. The van der Waals surface area contributed by atoms with Gasteiger partial charge in [0.1, 0.15) is 0 Å². The lowest BCUT2D eigenvalue weighted by Gasteiger charge is -2.12. The Kier molecular flexibility index (Phi) is 6.93. The molecule has 1 aromatic heterocycles. The van der Waals surface area contributed by atoms with E-state index in [2.05, 4.69) is 0 Å². The molecule has 8 heteroatoms. The van der Waals surface area contributed by atoms with Crippen molar-refractivity contribution in [2.45, 2.75) is 13.8 Å². The second-order valence-electron chi connectivity index (χ2n) is 9.16. The highest BCUT2D eigenvalue weighted by Gasteiger charge is 2.17. The number of nitro benzene ring substituents is 1. The zero-order valence-electron chi connectivity index (χ0n) is 21.3. The molecule has 39 heavy (non-hydrogen) atoms. The van der Waals surface area contributed by atoms with Crippen LogP contribution in [0.2, 0.25) is 0 Å². The second kappa shape index (κ2) is 10.6. The number of ketones is 1. The van der Waals surface area contributed by atoms with Crippen LogP contribution in [0.4, 0.5) is 5.69 Å². The summed E-state index contributed by atoms with van der Waals surface area (Å²) >= 11 is 0. The molecule has 0 radical (unpaired) electrons. The van der Waals surface area contributed by atoms with Gasteiger partial charge in [0, 0.05) is 28.8 Å². The number of aromatic nitrogens is 2. The summed E-state index contributed by atoms with van der Waals surface area (Å²) in [4.78, 5) is 45.4. The minimum atomic E-state index is -0.711. The van der Waals surface area contributed by atoms with Crippen LogP contribution in [0.1, 0.15) is 31.8 Å². The molecule has 0 atom stereocenters. The number of rotatable bonds is 7. The van der Waals surface area contributed by atoms with E-state index >= 15 is 0 Å². The third-order valence-corrected chi connectivity index (χ3v) is 6.26. The Balaban J connectivity index is 1.45. The molecule has 0 saturated heterocycles. The van der Waals surface area contributed by atoms with Gasteiger partial charge >= 0.3 is 5.97 Å². The minimum Gasteiger partial charge on any atom is -0.454 e. The Hall–Kier alpha value is -5.24. The van der Waals surface area contributed by atoms with Crippen molar-refractivity contribution in [3.05, 3.63) is 123 Å². The largest absolute Gasteiger partial charge is 0.454 e. The molecule has 0 amide bonds. The Morgan fingerprint density at radius 1 is 0.744 bits per heavy atom. The number of carbonyl (C=O) groups is 2. The molecule has 0 aliphatic carbocycles. The molecular weight excluding hydrogens is 494 g/mol. The van der Waals surface area contributed by atoms with Gasteiger partial charge < -0.3 is 4.74 Å². The van der Waals surface area contributed by atoms with Crippen molar-refractivity contribution in [3.63, 3.8) is 0 Å². The first-order valence-corrected chi connectivity index (χ1v) is 12.2. The van der Waals surface area contributed by atoms with Crippen LogP contribution in [0.15, 0.2) is 91.0 Å². The maximum Gasteiger partial charge on any atom is 0.338 e. The van der Waals surface area contributed by atoms with Gasteiger partial charge in [-0.15, -0.1) is 0 Å². The first kappa shape index (κ1) is 25.4. The monoisotopic (exact) mass is 517 g/mol. The lowest BCUT2D eigenvalue weighted by atomic mass is 10.0. The van der Waals surface area contributed by atoms with Gasteiger partial charge in [0.25, 0.3) is 5.69 Å². The van der Waals surface area contributed by atoms with Crippen molar-refractivity contribution in [3.8, 4) is 22.5 Å². The fraction of sp³-hybridized carbons (Fsp3) is 0.0968. The molecule has 0 saturated carbocycles. The molecular formula is C31H23N3O5. The molecule has 0 aliphatic heterocycles. The second-order valence-corrected chi connectivity index (χ2v) is 9.16. The SMILES string of the molecule is Cc1ccc(-c2nc3ccc(C(=O)OCC(=O)c4cccc([N+](=O)[O-])c4)cc3nc2-c2ccc(C)cc2)cc1. The van der Waals surface area contributed by atoms with Gasteiger partial charge in [-0.05, 0) is 32.0 Å². The number of non-ortho nitro benzene ring substituents is 1. The minimum absolute atomic E-state index is 0.0905. The number of hydrogen-bond donors (Lipinski definition) is 0. The average molecular weight is 518 g/mol. The van der Waals surface area contributed by atoms with Crippen LogP contribution in [0, 0.1) is 24.0 Å². The van der Waals surface area contributed by atoms with Gasteiger partial charge in [0.05, 0.1) is 32.9 Å². The van der Waals surface area contributed by atoms with Crippen LogP contribution in [0.25, 0.3) is 33.5 Å². The Morgan fingerprint density at radius 3 is 1.92 bits per heavy atom. The molecule has 5 rings (SSSR count).